The molecule has 1 aromatic rings. The maximum Gasteiger partial charge on any atom is 0.417 e. The van der Waals surface area contributed by atoms with Crippen molar-refractivity contribution >= 4 is 27.9 Å². The third-order valence-electron chi connectivity index (χ3n) is 3.44. The highest BCUT2D eigenvalue weighted by Gasteiger charge is 2.41. The molecule has 0 saturated carbocycles. The summed E-state index contributed by atoms with van der Waals surface area (Å²) in [4.78, 5) is 25.8. The van der Waals surface area contributed by atoms with Gasteiger partial charge >= 0.3 is 6.09 Å². The second-order valence-corrected chi connectivity index (χ2v) is 7.41. The predicted octanol–water partition coefficient (Wildman–Crippen LogP) is 3.97. The van der Waals surface area contributed by atoms with Crippen molar-refractivity contribution in [2.24, 2.45) is 0 Å². The number of nitrogens with zero attached hydrogens (tertiary/aromatic N) is 1. The molecule has 1 saturated heterocycles. The number of rotatable bonds is 2. The molecule has 1 atom stereocenters. The van der Waals surface area contributed by atoms with E-state index in [9.17, 15) is 14.7 Å². The summed E-state index contributed by atoms with van der Waals surface area (Å²) in [5, 5.41) is 9.22. The summed E-state index contributed by atoms with van der Waals surface area (Å²) in [5.74, 6) is -0.496. The minimum absolute atomic E-state index is 0.220. The Balaban J connectivity index is 2.22. The largest absolute Gasteiger partial charge is 0.515 e. The minimum atomic E-state index is -0.689. The van der Waals surface area contributed by atoms with Gasteiger partial charge in [-0.25, -0.2) is 9.69 Å². The highest BCUT2D eigenvalue weighted by molar-refractivity contribution is 9.10. The molecule has 1 heterocycles. The Labute approximate surface area is 144 Å². The molecule has 1 N–H and O–H groups in total. The Kier molecular flexibility index (Phi) is 5.14. The van der Waals surface area contributed by atoms with Crippen LogP contribution in [0.1, 0.15) is 32.8 Å². The van der Waals surface area contributed by atoms with Crippen LogP contribution in [0.15, 0.2) is 40.6 Å². The molecule has 0 spiro atoms. The molecule has 1 aromatic carbocycles. The first-order chi connectivity index (χ1) is 10.7. The second-order valence-electron chi connectivity index (χ2n) is 6.50. The van der Waals surface area contributed by atoms with Crippen molar-refractivity contribution < 1.29 is 19.4 Å². The van der Waals surface area contributed by atoms with Gasteiger partial charge in [0.1, 0.15) is 5.60 Å². The summed E-state index contributed by atoms with van der Waals surface area (Å²) in [5.41, 5.74) is 0.530. The smallest absolute Gasteiger partial charge is 0.417 e. The molecule has 0 aromatic heterocycles. The third kappa shape index (κ3) is 4.34. The molecule has 0 radical (unpaired) electrons. The van der Waals surface area contributed by atoms with E-state index in [2.05, 4.69) is 15.9 Å². The number of carbonyl (C=O) groups is 2. The van der Waals surface area contributed by atoms with E-state index in [4.69, 9.17) is 4.74 Å². The normalized spacial score (nSPS) is 20.2. The number of halogens is 1. The van der Waals surface area contributed by atoms with Crippen LogP contribution in [-0.4, -0.2) is 33.6 Å². The zero-order chi connectivity index (χ0) is 17.2. The van der Waals surface area contributed by atoms with Gasteiger partial charge in [0, 0.05) is 10.9 Å². The lowest BCUT2D eigenvalue weighted by molar-refractivity contribution is -0.125. The molecule has 2 amide bonds. The van der Waals surface area contributed by atoms with Crippen molar-refractivity contribution in [1.29, 1.82) is 0 Å². The van der Waals surface area contributed by atoms with Gasteiger partial charge in [-0.3, -0.25) is 4.79 Å². The fourth-order valence-electron chi connectivity index (χ4n) is 2.46. The monoisotopic (exact) mass is 381 g/mol. The number of amides is 2. The Hall–Kier alpha value is -1.82. The van der Waals surface area contributed by atoms with Gasteiger partial charge in [0.2, 0.25) is 0 Å². The highest BCUT2D eigenvalue weighted by Crippen LogP contribution is 2.28. The summed E-state index contributed by atoms with van der Waals surface area (Å²) in [6.07, 6.45) is 0.920. The SMILES string of the molecule is CC(C)(C)OC(=O)N1C(=O)/C(=C/O)C[C@H]1Cc1ccc(Br)cc1. The lowest BCUT2D eigenvalue weighted by Crippen LogP contribution is -2.43. The van der Waals surface area contributed by atoms with Crippen LogP contribution in [0.3, 0.4) is 0 Å². The molecule has 23 heavy (non-hydrogen) atoms. The van der Waals surface area contributed by atoms with E-state index in [1.807, 2.05) is 24.3 Å². The van der Waals surface area contributed by atoms with Crippen molar-refractivity contribution in [2.75, 3.05) is 0 Å². The summed E-state index contributed by atoms with van der Waals surface area (Å²) in [6, 6.07) is 7.32. The number of benzene rings is 1. The van der Waals surface area contributed by atoms with E-state index >= 15 is 0 Å². The number of aliphatic hydroxyl groups excluding tert-OH is 1. The average Bonchev–Trinajstić information content (AvgIpc) is 2.75. The van der Waals surface area contributed by atoms with Crippen LogP contribution in [0.25, 0.3) is 0 Å². The molecule has 2 rings (SSSR count). The number of likely N-dealkylation sites (tertiary alicyclic amines) is 1. The first-order valence-electron chi connectivity index (χ1n) is 7.35. The highest BCUT2D eigenvalue weighted by atomic mass is 79.9. The molecule has 1 aliphatic rings. The van der Waals surface area contributed by atoms with Crippen molar-refractivity contribution in [2.45, 2.75) is 45.3 Å². The standard InChI is InChI=1S/C17H20BrNO4/c1-17(2,3)23-16(22)19-14(9-12(10-20)15(19)21)8-11-4-6-13(18)7-5-11/h4-7,10,14,20H,8-9H2,1-3H3/b12-10+/t14-/m1/s1. The van der Waals surface area contributed by atoms with Gasteiger partial charge in [-0.2, -0.15) is 0 Å². The van der Waals surface area contributed by atoms with E-state index < -0.39 is 17.6 Å². The number of hydrogen-bond donors (Lipinski definition) is 1. The summed E-state index contributed by atoms with van der Waals surface area (Å²) in [6.45, 7) is 5.24. The van der Waals surface area contributed by atoms with Gasteiger partial charge in [-0.15, -0.1) is 0 Å². The lowest BCUT2D eigenvalue weighted by Gasteiger charge is -2.27. The van der Waals surface area contributed by atoms with Crippen LogP contribution < -0.4 is 0 Å². The zero-order valence-electron chi connectivity index (χ0n) is 13.4. The fraction of sp³-hybridized carbons (Fsp3) is 0.412. The van der Waals surface area contributed by atoms with Crippen molar-refractivity contribution in [3.8, 4) is 0 Å². The van der Waals surface area contributed by atoms with Crippen LogP contribution in [-0.2, 0) is 16.0 Å². The van der Waals surface area contributed by atoms with Gasteiger partial charge in [-0.1, -0.05) is 28.1 Å². The first kappa shape index (κ1) is 17.5. The summed E-state index contributed by atoms with van der Waals surface area (Å²) >= 11 is 3.38. The fourth-order valence-corrected chi connectivity index (χ4v) is 2.72. The van der Waals surface area contributed by atoms with Crippen LogP contribution in [0, 0.1) is 0 Å². The number of imide groups is 1. The van der Waals surface area contributed by atoms with Crippen molar-refractivity contribution in [1.82, 2.24) is 4.90 Å². The number of hydrogen-bond acceptors (Lipinski definition) is 4. The van der Waals surface area contributed by atoms with Crippen LogP contribution in [0.4, 0.5) is 4.79 Å². The van der Waals surface area contributed by atoms with Crippen LogP contribution >= 0.6 is 15.9 Å². The Morgan fingerprint density at radius 2 is 2.00 bits per heavy atom. The maximum atomic E-state index is 12.4. The quantitative estimate of drug-likeness (QED) is 0.621. The molecule has 5 nitrogen and oxygen atoms in total. The predicted molar refractivity (Wildman–Crippen MR) is 90.0 cm³/mol. The Morgan fingerprint density at radius 3 is 2.52 bits per heavy atom. The van der Waals surface area contributed by atoms with Crippen LogP contribution in [0.2, 0.25) is 0 Å². The molecule has 0 aliphatic carbocycles. The zero-order valence-corrected chi connectivity index (χ0v) is 15.0. The maximum absolute atomic E-state index is 12.4. The lowest BCUT2D eigenvalue weighted by atomic mass is 10.0. The van der Waals surface area contributed by atoms with Crippen molar-refractivity contribution in [3.63, 3.8) is 0 Å². The molecule has 6 heteroatoms. The van der Waals surface area contributed by atoms with E-state index in [1.54, 1.807) is 20.8 Å². The van der Waals surface area contributed by atoms with Gasteiger partial charge < -0.3 is 9.84 Å². The molecular weight excluding hydrogens is 362 g/mol. The molecule has 1 aliphatic heterocycles. The Morgan fingerprint density at radius 1 is 1.39 bits per heavy atom. The summed E-state index contributed by atoms with van der Waals surface area (Å²) in [7, 11) is 0. The topological polar surface area (TPSA) is 66.8 Å². The van der Waals surface area contributed by atoms with Gasteiger partial charge in [0.25, 0.3) is 5.91 Å². The molecule has 1 fully saturated rings. The van der Waals surface area contributed by atoms with Crippen molar-refractivity contribution in [3.05, 3.63) is 46.1 Å². The summed E-state index contributed by atoms with van der Waals surface area (Å²) < 4.78 is 6.28. The molecular formula is C17H20BrNO4. The number of carbonyl (C=O) groups excluding carboxylic acids is 2. The average molecular weight is 382 g/mol. The third-order valence-corrected chi connectivity index (χ3v) is 3.97. The number of aliphatic hydroxyl groups is 1. The van der Waals surface area contributed by atoms with Crippen LogP contribution in [0.5, 0.6) is 0 Å². The molecule has 124 valence electrons. The molecule has 0 bridgehead atoms. The second kappa shape index (κ2) is 6.74. The number of ether oxygens (including phenoxy) is 1. The minimum Gasteiger partial charge on any atom is -0.515 e. The van der Waals surface area contributed by atoms with Gasteiger partial charge in [0.15, 0.2) is 0 Å². The Bertz CT molecular complexity index is 631. The first-order valence-corrected chi connectivity index (χ1v) is 8.15. The van der Waals surface area contributed by atoms with E-state index in [0.29, 0.717) is 12.8 Å². The van der Waals surface area contributed by atoms with E-state index in [-0.39, 0.29) is 11.6 Å². The van der Waals surface area contributed by atoms with E-state index in [0.717, 1.165) is 21.2 Å². The van der Waals surface area contributed by atoms with Gasteiger partial charge in [-0.05, 0) is 44.9 Å². The molecule has 0 unspecified atom stereocenters. The van der Waals surface area contributed by atoms with Gasteiger partial charge in [0.05, 0.1) is 17.9 Å². The van der Waals surface area contributed by atoms with E-state index in [1.165, 1.54) is 0 Å².